The molecule has 0 bridgehead atoms. The highest BCUT2D eigenvalue weighted by atomic mass is 35.5. The van der Waals surface area contributed by atoms with Crippen molar-refractivity contribution in [2.24, 2.45) is 5.73 Å². The molecule has 0 saturated carbocycles. The van der Waals surface area contributed by atoms with Crippen LogP contribution in [0.25, 0.3) is 11.0 Å². The molecule has 2 aromatic rings. The Morgan fingerprint density at radius 3 is 2.72 bits per heavy atom. The molecule has 1 amide bonds. The van der Waals surface area contributed by atoms with Gasteiger partial charge in [-0.25, -0.2) is 0 Å². The summed E-state index contributed by atoms with van der Waals surface area (Å²) in [5.41, 5.74) is 7.37. The Kier molecular flexibility index (Phi) is 4.76. The average molecular weight is 269 g/mol. The SMILES string of the molecule is Cc1c(CNC(=O)[C@@H](C)N)oc2ccccc12.Cl. The zero-order chi connectivity index (χ0) is 12.4. The fourth-order valence-corrected chi connectivity index (χ4v) is 1.72. The first-order valence-corrected chi connectivity index (χ1v) is 5.60. The van der Waals surface area contributed by atoms with Gasteiger partial charge in [-0.1, -0.05) is 18.2 Å². The monoisotopic (exact) mass is 268 g/mol. The van der Waals surface area contributed by atoms with Gasteiger partial charge < -0.3 is 15.5 Å². The van der Waals surface area contributed by atoms with Crippen LogP contribution in [-0.2, 0) is 11.3 Å². The lowest BCUT2D eigenvalue weighted by Gasteiger charge is -2.06. The van der Waals surface area contributed by atoms with Crippen LogP contribution < -0.4 is 11.1 Å². The van der Waals surface area contributed by atoms with Gasteiger partial charge in [-0.15, -0.1) is 12.4 Å². The van der Waals surface area contributed by atoms with Crippen LogP contribution in [0, 0.1) is 6.92 Å². The Balaban J connectivity index is 0.00000162. The van der Waals surface area contributed by atoms with E-state index in [1.165, 1.54) is 0 Å². The van der Waals surface area contributed by atoms with Crippen LogP contribution in [0.4, 0.5) is 0 Å². The molecule has 0 unspecified atom stereocenters. The molecule has 98 valence electrons. The van der Waals surface area contributed by atoms with Crippen LogP contribution in [0.5, 0.6) is 0 Å². The van der Waals surface area contributed by atoms with Crippen molar-refractivity contribution in [3.63, 3.8) is 0 Å². The Hall–Kier alpha value is -1.52. The molecule has 0 radical (unpaired) electrons. The molecule has 5 heteroatoms. The number of hydrogen-bond donors (Lipinski definition) is 2. The summed E-state index contributed by atoms with van der Waals surface area (Å²) >= 11 is 0. The molecule has 0 aliphatic carbocycles. The second-order valence-electron chi connectivity index (χ2n) is 4.15. The molecule has 4 nitrogen and oxygen atoms in total. The van der Waals surface area contributed by atoms with E-state index in [0.29, 0.717) is 6.54 Å². The normalized spacial score (nSPS) is 11.9. The molecule has 0 aliphatic rings. The zero-order valence-electron chi connectivity index (χ0n) is 10.4. The van der Waals surface area contributed by atoms with Gasteiger partial charge in [0.25, 0.3) is 0 Å². The minimum Gasteiger partial charge on any atom is -0.459 e. The fourth-order valence-electron chi connectivity index (χ4n) is 1.72. The molecule has 18 heavy (non-hydrogen) atoms. The number of aryl methyl sites for hydroxylation is 1. The van der Waals surface area contributed by atoms with E-state index in [0.717, 1.165) is 22.3 Å². The third-order valence-corrected chi connectivity index (χ3v) is 2.78. The van der Waals surface area contributed by atoms with E-state index in [1.807, 2.05) is 31.2 Å². The molecule has 0 aliphatic heterocycles. The smallest absolute Gasteiger partial charge is 0.237 e. The molecule has 0 saturated heterocycles. The highest BCUT2D eigenvalue weighted by Crippen LogP contribution is 2.24. The summed E-state index contributed by atoms with van der Waals surface area (Å²) in [5.74, 6) is 0.602. The maximum atomic E-state index is 11.4. The highest BCUT2D eigenvalue weighted by molar-refractivity contribution is 5.85. The lowest BCUT2D eigenvalue weighted by molar-refractivity contribution is -0.122. The number of furan rings is 1. The first kappa shape index (κ1) is 14.5. The third-order valence-electron chi connectivity index (χ3n) is 2.78. The van der Waals surface area contributed by atoms with Crippen molar-refractivity contribution in [2.75, 3.05) is 0 Å². The average Bonchev–Trinajstić information content (AvgIpc) is 2.64. The van der Waals surface area contributed by atoms with E-state index in [2.05, 4.69) is 5.32 Å². The van der Waals surface area contributed by atoms with Crippen molar-refractivity contribution in [1.29, 1.82) is 0 Å². The van der Waals surface area contributed by atoms with E-state index < -0.39 is 6.04 Å². The second kappa shape index (κ2) is 5.89. The number of nitrogens with two attached hydrogens (primary N) is 1. The standard InChI is InChI=1S/C13H16N2O2.ClH/c1-8-10-5-3-4-6-11(10)17-12(8)7-15-13(16)9(2)14;/h3-6,9H,7,14H2,1-2H3,(H,15,16);1H/t9-;/m1./s1. The van der Waals surface area contributed by atoms with Crippen LogP contribution >= 0.6 is 12.4 Å². The van der Waals surface area contributed by atoms with E-state index in [-0.39, 0.29) is 18.3 Å². The largest absolute Gasteiger partial charge is 0.459 e. The quantitative estimate of drug-likeness (QED) is 0.896. The molecule has 1 aromatic heterocycles. The summed E-state index contributed by atoms with van der Waals surface area (Å²) in [5, 5.41) is 3.82. The van der Waals surface area contributed by atoms with Crippen molar-refractivity contribution >= 4 is 29.3 Å². The molecule has 1 heterocycles. The number of benzene rings is 1. The van der Waals surface area contributed by atoms with E-state index in [4.69, 9.17) is 10.2 Å². The number of rotatable bonds is 3. The van der Waals surface area contributed by atoms with Crippen LogP contribution in [0.15, 0.2) is 28.7 Å². The summed E-state index contributed by atoms with van der Waals surface area (Å²) in [7, 11) is 0. The van der Waals surface area contributed by atoms with Crippen LogP contribution in [0.1, 0.15) is 18.2 Å². The number of fused-ring (bicyclic) bond motifs is 1. The minimum absolute atomic E-state index is 0. The van der Waals surface area contributed by atoms with Crippen molar-refractivity contribution in [2.45, 2.75) is 26.4 Å². The Morgan fingerprint density at radius 2 is 2.11 bits per heavy atom. The fraction of sp³-hybridized carbons (Fsp3) is 0.308. The summed E-state index contributed by atoms with van der Waals surface area (Å²) < 4.78 is 5.67. The lowest BCUT2D eigenvalue weighted by Crippen LogP contribution is -2.37. The summed E-state index contributed by atoms with van der Waals surface area (Å²) in [6, 6.07) is 7.31. The minimum atomic E-state index is -0.500. The van der Waals surface area contributed by atoms with Crippen molar-refractivity contribution < 1.29 is 9.21 Å². The molecule has 0 fully saturated rings. The predicted molar refractivity (Wildman–Crippen MR) is 73.7 cm³/mol. The van der Waals surface area contributed by atoms with Crippen LogP contribution in [-0.4, -0.2) is 11.9 Å². The van der Waals surface area contributed by atoms with Gasteiger partial charge in [0.15, 0.2) is 0 Å². The number of amides is 1. The number of hydrogen-bond acceptors (Lipinski definition) is 3. The van der Waals surface area contributed by atoms with Gasteiger partial charge in [0.1, 0.15) is 11.3 Å². The highest BCUT2D eigenvalue weighted by Gasteiger charge is 2.12. The summed E-state index contributed by atoms with van der Waals surface area (Å²) in [4.78, 5) is 11.4. The van der Waals surface area contributed by atoms with E-state index in [1.54, 1.807) is 6.92 Å². The van der Waals surface area contributed by atoms with Gasteiger partial charge >= 0.3 is 0 Å². The van der Waals surface area contributed by atoms with Gasteiger partial charge in [-0.05, 0) is 19.9 Å². The number of carbonyl (C=O) groups excluding carboxylic acids is 1. The van der Waals surface area contributed by atoms with Crippen molar-refractivity contribution in [3.05, 3.63) is 35.6 Å². The van der Waals surface area contributed by atoms with Gasteiger partial charge in [-0.2, -0.15) is 0 Å². The molecule has 1 aromatic carbocycles. The lowest BCUT2D eigenvalue weighted by atomic mass is 10.1. The van der Waals surface area contributed by atoms with E-state index >= 15 is 0 Å². The van der Waals surface area contributed by atoms with Gasteiger partial charge in [0.2, 0.25) is 5.91 Å². The first-order chi connectivity index (χ1) is 8.09. The van der Waals surface area contributed by atoms with Crippen molar-refractivity contribution in [1.82, 2.24) is 5.32 Å². The summed E-state index contributed by atoms with van der Waals surface area (Å²) in [6.45, 7) is 4.01. The van der Waals surface area contributed by atoms with Gasteiger partial charge in [0.05, 0.1) is 12.6 Å². The number of nitrogens with one attached hydrogen (secondary N) is 1. The molecular formula is C13H17ClN2O2. The maximum Gasteiger partial charge on any atom is 0.237 e. The topological polar surface area (TPSA) is 68.3 Å². The third kappa shape index (κ3) is 2.83. The Morgan fingerprint density at radius 1 is 1.44 bits per heavy atom. The first-order valence-electron chi connectivity index (χ1n) is 5.60. The zero-order valence-corrected chi connectivity index (χ0v) is 11.2. The molecule has 2 rings (SSSR count). The van der Waals surface area contributed by atoms with Gasteiger partial charge in [-0.3, -0.25) is 4.79 Å². The number of para-hydroxylation sites is 1. The molecule has 0 spiro atoms. The van der Waals surface area contributed by atoms with Gasteiger partial charge in [0, 0.05) is 10.9 Å². The number of halogens is 1. The van der Waals surface area contributed by atoms with Crippen LogP contribution in [0.2, 0.25) is 0 Å². The Bertz CT molecular complexity index is 549. The molecule has 3 N–H and O–H groups in total. The summed E-state index contributed by atoms with van der Waals surface area (Å²) in [6.07, 6.45) is 0. The number of carbonyl (C=O) groups is 1. The Labute approximate surface area is 112 Å². The van der Waals surface area contributed by atoms with E-state index in [9.17, 15) is 4.79 Å². The molecular weight excluding hydrogens is 252 g/mol. The van der Waals surface area contributed by atoms with Crippen molar-refractivity contribution in [3.8, 4) is 0 Å². The maximum absolute atomic E-state index is 11.4. The van der Waals surface area contributed by atoms with Crippen LogP contribution in [0.3, 0.4) is 0 Å². The second-order valence-corrected chi connectivity index (χ2v) is 4.15. The predicted octanol–water partition coefficient (Wildman–Crippen LogP) is 2.13. The molecule has 1 atom stereocenters.